The Morgan fingerprint density at radius 1 is 0.224 bits per heavy atom. The average molecular weight is 738 g/mol. The lowest BCUT2D eigenvalue weighted by atomic mass is 9.89. The zero-order valence-electron chi connectivity index (χ0n) is 31.5. The molecule has 0 fully saturated rings. The number of fused-ring (bicyclic) bond motifs is 5. The fourth-order valence-electron chi connectivity index (χ4n) is 8.41. The lowest BCUT2D eigenvalue weighted by molar-refractivity contribution is 1.07. The lowest BCUT2D eigenvalue weighted by Crippen LogP contribution is -2.01. The molecule has 0 unspecified atom stereocenters. The molecule has 270 valence electrons. The second-order valence-electron chi connectivity index (χ2n) is 14.8. The van der Waals surface area contributed by atoms with Gasteiger partial charge in [0.25, 0.3) is 0 Å². The smallest absolute Gasteiger partial charge is 0.164 e. The van der Waals surface area contributed by atoms with E-state index in [-0.39, 0.29) is 0 Å². The van der Waals surface area contributed by atoms with Crippen LogP contribution in [0.2, 0.25) is 0 Å². The van der Waals surface area contributed by atoms with Crippen molar-refractivity contribution in [3.8, 4) is 67.5 Å². The first-order valence-electron chi connectivity index (χ1n) is 19.7. The van der Waals surface area contributed by atoms with Crippen LogP contribution in [-0.4, -0.2) is 15.0 Å². The molecule has 3 nitrogen and oxygen atoms in total. The van der Waals surface area contributed by atoms with E-state index < -0.39 is 0 Å². The Hall–Kier alpha value is -7.75. The SMILES string of the molecule is c1ccc(-c2nc(-c3ccc(-c4ccc5cc(-c6c7ccccc7cc7c6ccc6ccccc67)ccc5c4)cc3)nc(-c3ccccc3-c3ccccc3)n2)cc1. The fraction of sp³-hybridized carbons (Fsp3) is 0. The average Bonchev–Trinajstić information content (AvgIpc) is 3.31. The number of rotatable bonds is 6. The molecule has 0 saturated carbocycles. The van der Waals surface area contributed by atoms with Gasteiger partial charge >= 0.3 is 0 Å². The molecule has 1 aromatic heterocycles. The monoisotopic (exact) mass is 737 g/mol. The third-order valence-electron chi connectivity index (χ3n) is 11.3. The van der Waals surface area contributed by atoms with Crippen LogP contribution in [0.25, 0.3) is 111 Å². The zero-order valence-corrected chi connectivity index (χ0v) is 31.5. The number of aromatic nitrogens is 3. The van der Waals surface area contributed by atoms with Crippen molar-refractivity contribution in [1.82, 2.24) is 15.0 Å². The normalized spacial score (nSPS) is 11.4. The van der Waals surface area contributed by atoms with Crippen molar-refractivity contribution in [2.24, 2.45) is 0 Å². The van der Waals surface area contributed by atoms with Gasteiger partial charge < -0.3 is 0 Å². The van der Waals surface area contributed by atoms with E-state index in [0.29, 0.717) is 17.5 Å². The highest BCUT2D eigenvalue weighted by Gasteiger charge is 2.17. The second-order valence-corrected chi connectivity index (χ2v) is 14.8. The highest BCUT2D eigenvalue weighted by Crippen LogP contribution is 2.41. The van der Waals surface area contributed by atoms with Crippen LogP contribution in [0, 0.1) is 0 Å². The Kier molecular flexibility index (Phi) is 8.15. The van der Waals surface area contributed by atoms with Crippen molar-refractivity contribution in [2.45, 2.75) is 0 Å². The number of hydrogen-bond donors (Lipinski definition) is 0. The van der Waals surface area contributed by atoms with Gasteiger partial charge in [-0.2, -0.15) is 0 Å². The first-order chi connectivity index (χ1) is 28.7. The van der Waals surface area contributed by atoms with E-state index in [0.717, 1.165) is 38.9 Å². The Balaban J connectivity index is 0.964. The van der Waals surface area contributed by atoms with Crippen LogP contribution in [-0.2, 0) is 0 Å². The van der Waals surface area contributed by atoms with Crippen LogP contribution in [0.5, 0.6) is 0 Å². The molecular weight excluding hydrogens is 703 g/mol. The minimum atomic E-state index is 0.637. The summed E-state index contributed by atoms with van der Waals surface area (Å²) in [5, 5.41) is 10.0. The van der Waals surface area contributed by atoms with Crippen molar-refractivity contribution < 1.29 is 0 Å². The summed E-state index contributed by atoms with van der Waals surface area (Å²) in [6.45, 7) is 0. The van der Waals surface area contributed by atoms with Crippen molar-refractivity contribution in [2.75, 3.05) is 0 Å². The maximum absolute atomic E-state index is 5.09. The molecule has 0 amide bonds. The number of benzene rings is 10. The van der Waals surface area contributed by atoms with Gasteiger partial charge in [-0.05, 0) is 94.7 Å². The molecule has 0 bridgehead atoms. The fourth-order valence-corrected chi connectivity index (χ4v) is 8.41. The molecule has 0 aliphatic heterocycles. The first kappa shape index (κ1) is 33.6. The molecule has 10 aromatic carbocycles. The van der Waals surface area contributed by atoms with Crippen LogP contribution in [0.15, 0.2) is 212 Å². The van der Waals surface area contributed by atoms with E-state index in [4.69, 9.17) is 15.0 Å². The van der Waals surface area contributed by atoms with Gasteiger partial charge in [0.1, 0.15) is 0 Å². The largest absolute Gasteiger partial charge is 0.208 e. The quantitative estimate of drug-likeness (QED) is 0.126. The number of nitrogens with zero attached hydrogens (tertiary/aromatic N) is 3. The summed E-state index contributed by atoms with van der Waals surface area (Å²) in [6, 6.07) is 75.4. The van der Waals surface area contributed by atoms with E-state index in [1.165, 1.54) is 54.2 Å². The second kappa shape index (κ2) is 14.1. The van der Waals surface area contributed by atoms with Crippen molar-refractivity contribution in [3.63, 3.8) is 0 Å². The maximum atomic E-state index is 5.09. The standard InChI is InChI=1S/C55H35N3/c1-3-13-37(14-4-1)46-19-11-12-22-50(46)55-57-53(39-16-5-2-6-17-39)56-54(58-55)40-25-23-36(24-26-40)41-27-28-43-34-45(30-29-42(43)33-41)52-48-21-10-8-18-44(48)35-51-47-20-9-7-15-38(47)31-32-49(51)52/h1-35H. The third kappa shape index (κ3) is 5.98. The molecule has 0 atom stereocenters. The van der Waals surface area contributed by atoms with Gasteiger partial charge in [0.2, 0.25) is 0 Å². The summed E-state index contributed by atoms with van der Waals surface area (Å²) in [5.74, 6) is 1.93. The molecule has 0 aliphatic rings. The summed E-state index contributed by atoms with van der Waals surface area (Å²) in [6.07, 6.45) is 0. The Morgan fingerprint density at radius 2 is 0.724 bits per heavy atom. The Bertz CT molecular complexity index is 3320. The predicted molar refractivity (Wildman–Crippen MR) is 242 cm³/mol. The van der Waals surface area contributed by atoms with Gasteiger partial charge in [-0.15, -0.1) is 0 Å². The van der Waals surface area contributed by atoms with E-state index >= 15 is 0 Å². The van der Waals surface area contributed by atoms with Crippen molar-refractivity contribution >= 4 is 43.1 Å². The topological polar surface area (TPSA) is 38.7 Å². The molecule has 0 N–H and O–H groups in total. The molecule has 11 rings (SSSR count). The molecule has 0 aliphatic carbocycles. The molecule has 0 radical (unpaired) electrons. The molecule has 58 heavy (non-hydrogen) atoms. The van der Waals surface area contributed by atoms with Crippen LogP contribution >= 0.6 is 0 Å². The Labute approximate surface area is 336 Å². The van der Waals surface area contributed by atoms with E-state index in [1.807, 2.05) is 42.5 Å². The highest BCUT2D eigenvalue weighted by atomic mass is 15.0. The van der Waals surface area contributed by atoms with Crippen molar-refractivity contribution in [3.05, 3.63) is 212 Å². The summed E-state index contributed by atoms with van der Waals surface area (Å²) >= 11 is 0. The van der Waals surface area contributed by atoms with Crippen LogP contribution in [0.1, 0.15) is 0 Å². The molecule has 3 heteroatoms. The van der Waals surface area contributed by atoms with E-state index in [2.05, 4.69) is 170 Å². The third-order valence-corrected chi connectivity index (χ3v) is 11.3. The summed E-state index contributed by atoms with van der Waals surface area (Å²) in [5.41, 5.74) is 9.84. The highest BCUT2D eigenvalue weighted by molar-refractivity contribution is 6.20. The van der Waals surface area contributed by atoms with Gasteiger partial charge in [0.15, 0.2) is 17.5 Å². The lowest BCUT2D eigenvalue weighted by Gasteiger charge is -2.15. The number of hydrogen-bond acceptors (Lipinski definition) is 3. The van der Waals surface area contributed by atoms with E-state index in [1.54, 1.807) is 0 Å². The van der Waals surface area contributed by atoms with E-state index in [9.17, 15) is 0 Å². The van der Waals surface area contributed by atoms with Crippen LogP contribution < -0.4 is 0 Å². The zero-order chi connectivity index (χ0) is 38.4. The minimum absolute atomic E-state index is 0.637. The summed E-state index contributed by atoms with van der Waals surface area (Å²) in [7, 11) is 0. The Morgan fingerprint density at radius 3 is 1.47 bits per heavy atom. The van der Waals surface area contributed by atoms with Gasteiger partial charge in [-0.3, -0.25) is 0 Å². The first-order valence-corrected chi connectivity index (χ1v) is 19.7. The summed E-state index contributed by atoms with van der Waals surface area (Å²) < 4.78 is 0. The van der Waals surface area contributed by atoms with Crippen molar-refractivity contribution in [1.29, 1.82) is 0 Å². The minimum Gasteiger partial charge on any atom is -0.208 e. The van der Waals surface area contributed by atoms with Crippen LogP contribution in [0.4, 0.5) is 0 Å². The van der Waals surface area contributed by atoms with Crippen LogP contribution in [0.3, 0.4) is 0 Å². The molecular formula is C55H35N3. The predicted octanol–water partition coefficient (Wildman–Crippen LogP) is 14.5. The molecule has 0 saturated heterocycles. The molecule has 0 spiro atoms. The molecule has 11 aromatic rings. The summed E-state index contributed by atoms with van der Waals surface area (Å²) in [4.78, 5) is 15.1. The van der Waals surface area contributed by atoms with Gasteiger partial charge in [-0.1, -0.05) is 194 Å². The molecule has 1 heterocycles. The van der Waals surface area contributed by atoms with Gasteiger partial charge in [0.05, 0.1) is 0 Å². The van der Waals surface area contributed by atoms with Gasteiger partial charge in [0, 0.05) is 16.7 Å². The van der Waals surface area contributed by atoms with Gasteiger partial charge in [-0.25, -0.2) is 15.0 Å². The maximum Gasteiger partial charge on any atom is 0.164 e.